The molecule has 0 amide bonds. The summed E-state index contributed by atoms with van der Waals surface area (Å²) in [5, 5.41) is 17.8. The second-order valence-electron chi connectivity index (χ2n) is 8.32. The van der Waals surface area contributed by atoms with Gasteiger partial charge in [-0.3, -0.25) is 0 Å². The lowest BCUT2D eigenvalue weighted by Crippen LogP contribution is -2.18. The molecule has 1 unspecified atom stereocenters. The van der Waals surface area contributed by atoms with Crippen LogP contribution < -0.4 is 4.74 Å². The van der Waals surface area contributed by atoms with E-state index in [1.54, 1.807) is 23.9 Å². The zero-order valence-electron chi connectivity index (χ0n) is 18.4. The summed E-state index contributed by atoms with van der Waals surface area (Å²) in [6.07, 6.45) is -0.672. The SMILES string of the molecule is C=NOC(c1ccc(C(=O)O)c(C(C)(C)C)c1)c1c(C)nn(C)c1Oc1ccccc1. The number of carboxylic acids is 1. The largest absolute Gasteiger partial charge is 0.478 e. The van der Waals surface area contributed by atoms with Crippen molar-refractivity contribution in [2.24, 2.45) is 12.2 Å². The maximum Gasteiger partial charge on any atom is 0.335 e. The molecule has 7 nitrogen and oxygen atoms in total. The van der Waals surface area contributed by atoms with Crippen LogP contribution in [-0.4, -0.2) is 27.6 Å². The number of para-hydroxylation sites is 1. The summed E-state index contributed by atoms with van der Waals surface area (Å²) in [4.78, 5) is 17.5. The van der Waals surface area contributed by atoms with Crippen LogP contribution in [0.4, 0.5) is 0 Å². The van der Waals surface area contributed by atoms with Gasteiger partial charge < -0.3 is 14.7 Å². The molecule has 3 rings (SSSR count). The van der Waals surface area contributed by atoms with Gasteiger partial charge in [0, 0.05) is 19.3 Å². The number of nitrogens with zero attached hydrogens (tertiary/aromatic N) is 3. The number of carbonyl (C=O) groups is 1. The fraction of sp³-hybridized carbons (Fsp3) is 0.292. The minimum atomic E-state index is -0.971. The second-order valence-corrected chi connectivity index (χ2v) is 8.32. The Bertz CT molecular complexity index is 1100. The van der Waals surface area contributed by atoms with Crippen LogP contribution in [0.15, 0.2) is 53.7 Å². The van der Waals surface area contributed by atoms with Crippen LogP contribution in [0.25, 0.3) is 0 Å². The number of hydrogen-bond donors (Lipinski definition) is 1. The van der Waals surface area contributed by atoms with Gasteiger partial charge in [-0.25, -0.2) is 9.48 Å². The lowest BCUT2D eigenvalue weighted by Gasteiger charge is -2.24. The van der Waals surface area contributed by atoms with E-state index in [1.807, 2.05) is 64.1 Å². The van der Waals surface area contributed by atoms with Crippen molar-refractivity contribution in [1.82, 2.24) is 9.78 Å². The molecule has 7 heteroatoms. The molecule has 0 spiro atoms. The fourth-order valence-electron chi connectivity index (χ4n) is 3.56. The highest BCUT2D eigenvalue weighted by molar-refractivity contribution is 5.90. The van der Waals surface area contributed by atoms with Gasteiger partial charge in [-0.05, 0) is 36.1 Å². The number of carboxylic acid groups (broad SMARTS) is 1. The summed E-state index contributed by atoms with van der Waals surface area (Å²) in [5.74, 6) is 0.201. The van der Waals surface area contributed by atoms with Crippen LogP contribution in [0.2, 0.25) is 0 Å². The fourth-order valence-corrected chi connectivity index (χ4v) is 3.56. The third-order valence-electron chi connectivity index (χ3n) is 5.00. The Morgan fingerprint density at radius 2 is 1.87 bits per heavy atom. The summed E-state index contributed by atoms with van der Waals surface area (Å²) in [6, 6.07) is 14.6. The number of rotatable bonds is 7. The highest BCUT2D eigenvalue weighted by Crippen LogP contribution is 2.39. The van der Waals surface area contributed by atoms with E-state index in [0.29, 0.717) is 28.5 Å². The highest BCUT2D eigenvalue weighted by atomic mass is 16.6. The van der Waals surface area contributed by atoms with Crippen molar-refractivity contribution in [2.45, 2.75) is 39.2 Å². The van der Waals surface area contributed by atoms with E-state index < -0.39 is 12.1 Å². The van der Waals surface area contributed by atoms with E-state index >= 15 is 0 Å². The lowest BCUT2D eigenvalue weighted by molar-refractivity contribution is 0.0693. The van der Waals surface area contributed by atoms with Crippen LogP contribution in [0.3, 0.4) is 0 Å². The van der Waals surface area contributed by atoms with Crippen LogP contribution in [-0.2, 0) is 17.3 Å². The van der Waals surface area contributed by atoms with Crippen molar-refractivity contribution >= 4 is 12.7 Å². The Hall–Kier alpha value is -3.61. The van der Waals surface area contributed by atoms with Gasteiger partial charge in [-0.15, -0.1) is 5.16 Å². The quantitative estimate of drug-likeness (QED) is 0.417. The Labute approximate surface area is 181 Å². The summed E-state index contributed by atoms with van der Waals surface area (Å²) in [7, 11) is 1.79. The number of aromatic nitrogens is 2. The maximum atomic E-state index is 11.8. The van der Waals surface area contributed by atoms with Crippen molar-refractivity contribution in [3.8, 4) is 11.6 Å². The number of hydrogen-bond acceptors (Lipinski definition) is 5. The first-order valence-electron chi connectivity index (χ1n) is 9.89. The summed E-state index contributed by atoms with van der Waals surface area (Å²) < 4.78 is 7.78. The van der Waals surface area contributed by atoms with Crippen molar-refractivity contribution in [2.75, 3.05) is 0 Å². The normalized spacial score (nSPS) is 12.3. The molecule has 3 aromatic rings. The molecule has 1 atom stereocenters. The van der Waals surface area contributed by atoms with Gasteiger partial charge in [0.2, 0.25) is 5.88 Å². The van der Waals surface area contributed by atoms with Crippen molar-refractivity contribution < 1.29 is 19.5 Å². The van der Waals surface area contributed by atoms with Crippen LogP contribution in [0.1, 0.15) is 59.6 Å². The van der Waals surface area contributed by atoms with Gasteiger partial charge in [0.05, 0.1) is 16.8 Å². The Morgan fingerprint density at radius 3 is 2.45 bits per heavy atom. The molecular formula is C24H27N3O4. The van der Waals surface area contributed by atoms with Gasteiger partial charge in [0.25, 0.3) is 0 Å². The molecule has 31 heavy (non-hydrogen) atoms. The molecule has 2 aromatic carbocycles. The molecular weight excluding hydrogens is 394 g/mol. The number of oxime groups is 1. The summed E-state index contributed by atoms with van der Waals surface area (Å²) in [5.41, 5.74) is 2.70. The molecule has 162 valence electrons. The van der Waals surface area contributed by atoms with Crippen molar-refractivity contribution in [1.29, 1.82) is 0 Å². The van der Waals surface area contributed by atoms with E-state index in [-0.39, 0.29) is 11.0 Å². The molecule has 1 N–H and O–H groups in total. The van der Waals surface area contributed by atoms with Gasteiger partial charge in [-0.2, -0.15) is 5.10 Å². The summed E-state index contributed by atoms with van der Waals surface area (Å²) >= 11 is 0. The van der Waals surface area contributed by atoms with Crippen LogP contribution >= 0.6 is 0 Å². The second kappa shape index (κ2) is 8.63. The van der Waals surface area contributed by atoms with Gasteiger partial charge >= 0.3 is 5.97 Å². The number of benzene rings is 2. The number of ether oxygens (including phenoxy) is 1. The zero-order valence-corrected chi connectivity index (χ0v) is 18.4. The molecule has 0 aliphatic rings. The first-order chi connectivity index (χ1) is 14.6. The van der Waals surface area contributed by atoms with Gasteiger partial charge in [0.15, 0.2) is 6.10 Å². The standard InChI is InChI=1S/C24H27N3O4/c1-15-20(22(27(6)26-15)30-17-10-8-7-9-11-17)21(31-25-5)16-12-13-18(23(28)29)19(14-16)24(2,3)4/h7-14,21H,5H2,1-4,6H3,(H,28,29). The maximum absolute atomic E-state index is 11.8. The third kappa shape index (κ3) is 4.60. The summed E-state index contributed by atoms with van der Waals surface area (Å²) in [6.45, 7) is 11.3. The predicted octanol–water partition coefficient (Wildman–Crippen LogP) is 5.24. The number of aromatic carboxylic acids is 1. The minimum Gasteiger partial charge on any atom is -0.478 e. The molecule has 0 saturated carbocycles. The van der Waals surface area contributed by atoms with Crippen molar-refractivity contribution in [3.05, 3.63) is 76.5 Å². The van der Waals surface area contributed by atoms with Crippen LogP contribution in [0, 0.1) is 6.92 Å². The topological polar surface area (TPSA) is 85.9 Å². The smallest absolute Gasteiger partial charge is 0.335 e. The average molecular weight is 421 g/mol. The zero-order chi connectivity index (χ0) is 22.8. The van der Waals surface area contributed by atoms with Crippen molar-refractivity contribution in [3.63, 3.8) is 0 Å². The monoisotopic (exact) mass is 421 g/mol. The average Bonchev–Trinajstić information content (AvgIpc) is 2.98. The predicted molar refractivity (Wildman–Crippen MR) is 119 cm³/mol. The van der Waals surface area contributed by atoms with Gasteiger partial charge in [0.1, 0.15) is 5.75 Å². The Balaban J connectivity index is 2.16. The lowest BCUT2D eigenvalue weighted by atomic mass is 9.82. The molecule has 0 saturated heterocycles. The van der Waals surface area contributed by atoms with E-state index in [4.69, 9.17) is 9.57 Å². The molecule has 1 aromatic heterocycles. The van der Waals surface area contributed by atoms with E-state index in [1.165, 1.54) is 0 Å². The number of aryl methyl sites for hydroxylation is 2. The van der Waals surface area contributed by atoms with Gasteiger partial charge in [-0.1, -0.05) is 51.1 Å². The van der Waals surface area contributed by atoms with E-state index in [0.717, 1.165) is 5.56 Å². The molecule has 0 bridgehead atoms. The first-order valence-corrected chi connectivity index (χ1v) is 9.89. The molecule has 0 radical (unpaired) electrons. The first kappa shape index (κ1) is 22.1. The molecule has 1 heterocycles. The Morgan fingerprint density at radius 1 is 1.19 bits per heavy atom. The highest BCUT2D eigenvalue weighted by Gasteiger charge is 2.30. The molecule has 0 fully saturated rings. The van der Waals surface area contributed by atoms with E-state index in [2.05, 4.69) is 17.0 Å². The molecule has 0 aliphatic heterocycles. The molecule has 0 aliphatic carbocycles. The Kier molecular flexibility index (Phi) is 6.15. The third-order valence-corrected chi connectivity index (χ3v) is 5.00. The van der Waals surface area contributed by atoms with Crippen LogP contribution in [0.5, 0.6) is 11.6 Å². The van der Waals surface area contributed by atoms with E-state index in [9.17, 15) is 9.90 Å². The minimum absolute atomic E-state index is 0.255.